The van der Waals surface area contributed by atoms with Crippen molar-refractivity contribution < 1.29 is 4.39 Å². The number of rotatable bonds is 1. The van der Waals surface area contributed by atoms with E-state index in [-0.39, 0.29) is 0 Å². The topological polar surface area (TPSA) is 0 Å². The highest BCUT2D eigenvalue weighted by Gasteiger charge is 1.86. The third-order valence-corrected chi connectivity index (χ3v) is 0.702. The molecule has 0 fully saturated rings. The average molecular weight is 94.2 g/mol. The van der Waals surface area contributed by atoms with Crippen LogP contribution in [0.1, 0.15) is 13.3 Å². The van der Waals surface area contributed by atoms with Gasteiger partial charge in [0.05, 0.1) is 0 Å². The standard InChI is InChI=1S/C3H7FS/c1-2-3(4)5/h3,5H,2H2,1H3. The summed E-state index contributed by atoms with van der Waals surface area (Å²) in [5.74, 6) is 0. The predicted molar refractivity (Wildman–Crippen MR) is 24.2 cm³/mol. The van der Waals surface area contributed by atoms with Crippen LogP contribution in [0.15, 0.2) is 0 Å². The predicted octanol–water partition coefficient (Wildman–Crippen LogP) is 1.62. The van der Waals surface area contributed by atoms with Gasteiger partial charge in [0.2, 0.25) is 0 Å². The maximum Gasteiger partial charge on any atom is 0.142 e. The molecule has 0 saturated carbocycles. The van der Waals surface area contributed by atoms with Crippen LogP contribution < -0.4 is 0 Å². The third-order valence-electron chi connectivity index (χ3n) is 0.337. The van der Waals surface area contributed by atoms with Crippen molar-refractivity contribution in [2.45, 2.75) is 18.8 Å². The van der Waals surface area contributed by atoms with E-state index in [1.54, 1.807) is 6.92 Å². The fourth-order valence-corrected chi connectivity index (χ4v) is 0. The molecule has 0 saturated heterocycles. The highest BCUT2D eigenvalue weighted by molar-refractivity contribution is 7.80. The van der Waals surface area contributed by atoms with Crippen LogP contribution in [0.3, 0.4) is 0 Å². The van der Waals surface area contributed by atoms with E-state index in [1.807, 2.05) is 0 Å². The molecule has 5 heavy (non-hydrogen) atoms. The summed E-state index contributed by atoms with van der Waals surface area (Å²) in [6.07, 6.45) is 0.503. The first-order valence-corrected chi connectivity index (χ1v) is 2.11. The van der Waals surface area contributed by atoms with E-state index in [0.717, 1.165) is 0 Å². The Hall–Kier alpha value is 0.280. The molecular weight excluding hydrogens is 87.1 g/mol. The van der Waals surface area contributed by atoms with Gasteiger partial charge in [-0.25, -0.2) is 4.39 Å². The van der Waals surface area contributed by atoms with Crippen molar-refractivity contribution in [3.05, 3.63) is 0 Å². The second-order valence-corrected chi connectivity index (χ2v) is 1.40. The highest BCUT2D eigenvalue weighted by atomic mass is 32.1. The molecule has 1 atom stereocenters. The zero-order chi connectivity index (χ0) is 4.28. The Morgan fingerprint density at radius 2 is 2.20 bits per heavy atom. The average Bonchev–Trinajstić information content (AvgIpc) is 1.38. The summed E-state index contributed by atoms with van der Waals surface area (Å²) in [5, 5.41) is 0. The molecule has 0 nitrogen and oxygen atoms in total. The van der Waals surface area contributed by atoms with Crippen molar-refractivity contribution in [1.29, 1.82) is 0 Å². The van der Waals surface area contributed by atoms with Crippen LogP contribution in [-0.4, -0.2) is 5.50 Å². The number of thiol groups is 1. The van der Waals surface area contributed by atoms with Gasteiger partial charge in [-0.1, -0.05) is 6.92 Å². The van der Waals surface area contributed by atoms with E-state index in [1.165, 1.54) is 0 Å². The van der Waals surface area contributed by atoms with Crippen molar-refractivity contribution in [2.24, 2.45) is 0 Å². The minimum atomic E-state index is -0.921. The Balaban J connectivity index is 2.54. The van der Waals surface area contributed by atoms with Crippen LogP contribution >= 0.6 is 12.6 Å². The summed E-state index contributed by atoms with van der Waals surface area (Å²) in [6.45, 7) is 1.75. The molecule has 1 unspecified atom stereocenters. The molecule has 0 aliphatic heterocycles. The smallest absolute Gasteiger partial charge is 0.142 e. The molecule has 0 amide bonds. The van der Waals surface area contributed by atoms with Gasteiger partial charge >= 0.3 is 0 Å². The van der Waals surface area contributed by atoms with Crippen LogP contribution in [0.5, 0.6) is 0 Å². The Labute approximate surface area is 36.8 Å². The molecule has 2 heteroatoms. The fourth-order valence-electron chi connectivity index (χ4n) is 0. The number of alkyl halides is 1. The van der Waals surface area contributed by atoms with Crippen LogP contribution in [-0.2, 0) is 0 Å². The lowest BCUT2D eigenvalue weighted by atomic mass is 10.6. The van der Waals surface area contributed by atoms with Gasteiger partial charge < -0.3 is 0 Å². The first-order chi connectivity index (χ1) is 2.27. The molecule has 0 aromatic rings. The number of halogens is 1. The molecule has 0 aromatic carbocycles. The van der Waals surface area contributed by atoms with E-state index in [0.29, 0.717) is 6.42 Å². The molecule has 0 aliphatic carbocycles. The van der Waals surface area contributed by atoms with E-state index in [4.69, 9.17) is 0 Å². The lowest BCUT2D eigenvalue weighted by Crippen LogP contribution is -1.78. The first-order valence-electron chi connectivity index (χ1n) is 1.59. The highest BCUT2D eigenvalue weighted by Crippen LogP contribution is 1.98. The third kappa shape index (κ3) is 4.28. The van der Waals surface area contributed by atoms with Crippen LogP contribution in [0, 0.1) is 0 Å². The van der Waals surface area contributed by atoms with Crippen molar-refractivity contribution in [1.82, 2.24) is 0 Å². The Morgan fingerprint density at radius 1 is 2.00 bits per heavy atom. The van der Waals surface area contributed by atoms with E-state index < -0.39 is 5.50 Å². The maximum absolute atomic E-state index is 11.3. The van der Waals surface area contributed by atoms with Gasteiger partial charge in [-0.15, -0.1) is 12.6 Å². The van der Waals surface area contributed by atoms with Crippen molar-refractivity contribution in [3.8, 4) is 0 Å². The van der Waals surface area contributed by atoms with Gasteiger partial charge in [0.1, 0.15) is 5.50 Å². The normalized spacial score (nSPS) is 15.0. The van der Waals surface area contributed by atoms with E-state index >= 15 is 0 Å². The molecule has 32 valence electrons. The lowest BCUT2D eigenvalue weighted by Gasteiger charge is -1.85. The number of hydrogen-bond donors (Lipinski definition) is 1. The monoisotopic (exact) mass is 94.0 g/mol. The Kier molecular flexibility index (Phi) is 2.65. The van der Waals surface area contributed by atoms with Gasteiger partial charge in [-0.3, -0.25) is 0 Å². The van der Waals surface area contributed by atoms with Crippen molar-refractivity contribution in [2.75, 3.05) is 0 Å². The fraction of sp³-hybridized carbons (Fsp3) is 1.00. The van der Waals surface area contributed by atoms with Crippen LogP contribution in [0.2, 0.25) is 0 Å². The van der Waals surface area contributed by atoms with E-state index in [9.17, 15) is 4.39 Å². The minimum absolute atomic E-state index is 0.503. The molecule has 0 aromatic heterocycles. The van der Waals surface area contributed by atoms with Gasteiger partial charge in [-0.2, -0.15) is 0 Å². The minimum Gasteiger partial charge on any atom is -0.236 e. The van der Waals surface area contributed by atoms with E-state index in [2.05, 4.69) is 12.6 Å². The summed E-state index contributed by atoms with van der Waals surface area (Å²) >= 11 is 3.43. The van der Waals surface area contributed by atoms with Crippen LogP contribution in [0.25, 0.3) is 0 Å². The number of hydrogen-bond acceptors (Lipinski definition) is 1. The summed E-state index contributed by atoms with van der Waals surface area (Å²) < 4.78 is 11.3. The molecular formula is C3H7FS. The summed E-state index contributed by atoms with van der Waals surface area (Å²) in [6, 6.07) is 0. The molecule has 0 radical (unpaired) electrons. The van der Waals surface area contributed by atoms with Gasteiger partial charge in [0.15, 0.2) is 0 Å². The zero-order valence-corrected chi connectivity index (χ0v) is 4.00. The van der Waals surface area contributed by atoms with Crippen LogP contribution in [0.4, 0.5) is 4.39 Å². The largest absolute Gasteiger partial charge is 0.236 e. The molecule has 0 bridgehead atoms. The maximum atomic E-state index is 11.3. The summed E-state index contributed by atoms with van der Waals surface area (Å²) in [5.41, 5.74) is -0.921. The molecule has 0 heterocycles. The Morgan fingerprint density at radius 3 is 2.20 bits per heavy atom. The van der Waals surface area contributed by atoms with Crippen molar-refractivity contribution >= 4 is 12.6 Å². The zero-order valence-electron chi connectivity index (χ0n) is 3.11. The Bertz CT molecular complexity index is 20.9. The lowest BCUT2D eigenvalue weighted by molar-refractivity contribution is 0.446. The molecule has 0 aliphatic rings. The summed E-state index contributed by atoms with van der Waals surface area (Å²) in [7, 11) is 0. The molecule has 0 N–H and O–H groups in total. The van der Waals surface area contributed by atoms with Crippen molar-refractivity contribution in [3.63, 3.8) is 0 Å². The second kappa shape index (κ2) is 2.51. The molecule has 0 rings (SSSR count). The first kappa shape index (κ1) is 5.28. The SMILES string of the molecule is CCC(F)S. The molecule has 0 spiro atoms. The van der Waals surface area contributed by atoms with Gasteiger partial charge in [0.25, 0.3) is 0 Å². The summed E-state index contributed by atoms with van der Waals surface area (Å²) in [4.78, 5) is 0. The second-order valence-electron chi connectivity index (χ2n) is 0.843. The quantitative estimate of drug-likeness (QED) is 0.469. The van der Waals surface area contributed by atoms with Gasteiger partial charge in [-0.05, 0) is 6.42 Å². The van der Waals surface area contributed by atoms with Gasteiger partial charge in [0, 0.05) is 0 Å².